The van der Waals surface area contributed by atoms with Crippen molar-refractivity contribution in [3.05, 3.63) is 29.3 Å². The molecule has 0 saturated carbocycles. The first-order valence-electron chi connectivity index (χ1n) is 6.58. The van der Waals surface area contributed by atoms with Crippen molar-refractivity contribution in [2.24, 2.45) is 5.92 Å². The van der Waals surface area contributed by atoms with E-state index < -0.39 is 35.4 Å². The molecular weight excluding hydrogens is 282 g/mol. The van der Waals surface area contributed by atoms with Gasteiger partial charge in [0.2, 0.25) is 0 Å². The number of halogens is 2. The number of carbonyl (C=O) groups is 2. The van der Waals surface area contributed by atoms with E-state index in [2.05, 4.69) is 5.32 Å². The Hall–Kier alpha value is -2.18. The van der Waals surface area contributed by atoms with Crippen LogP contribution in [0.3, 0.4) is 0 Å². The van der Waals surface area contributed by atoms with Gasteiger partial charge in [-0.2, -0.15) is 0 Å². The lowest BCUT2D eigenvalue weighted by atomic mass is 10.0. The highest BCUT2D eigenvalue weighted by Crippen LogP contribution is 2.27. The van der Waals surface area contributed by atoms with Crippen molar-refractivity contribution in [3.8, 4) is 0 Å². The maximum atomic E-state index is 13.9. The molecular formula is C14H16F2N2O3. The van der Waals surface area contributed by atoms with Crippen molar-refractivity contribution >= 4 is 17.7 Å². The Morgan fingerprint density at radius 2 is 2.05 bits per heavy atom. The van der Waals surface area contributed by atoms with Gasteiger partial charge in [0.1, 0.15) is 17.5 Å². The largest absolute Gasteiger partial charge is 0.480 e. The second-order valence-corrected chi connectivity index (χ2v) is 5.23. The van der Waals surface area contributed by atoms with Crippen LogP contribution in [-0.4, -0.2) is 34.6 Å². The predicted octanol–water partition coefficient (Wildman–Crippen LogP) is 2.60. The third kappa shape index (κ3) is 2.81. The number of carboxylic acids is 1. The van der Waals surface area contributed by atoms with Gasteiger partial charge in [-0.15, -0.1) is 0 Å². The quantitative estimate of drug-likeness (QED) is 0.881. The van der Waals surface area contributed by atoms with E-state index in [1.807, 2.05) is 0 Å². The van der Waals surface area contributed by atoms with Crippen LogP contribution in [0.1, 0.15) is 18.9 Å². The number of benzene rings is 1. The minimum Gasteiger partial charge on any atom is -0.480 e. The van der Waals surface area contributed by atoms with E-state index in [0.717, 1.165) is 11.0 Å². The number of rotatable bonds is 2. The van der Waals surface area contributed by atoms with E-state index in [4.69, 9.17) is 5.11 Å². The van der Waals surface area contributed by atoms with Gasteiger partial charge in [0.05, 0.1) is 0 Å². The fourth-order valence-corrected chi connectivity index (χ4v) is 2.50. The molecule has 0 radical (unpaired) electrons. The summed E-state index contributed by atoms with van der Waals surface area (Å²) in [6.45, 7) is 3.40. The molecule has 1 aromatic rings. The van der Waals surface area contributed by atoms with Gasteiger partial charge in [-0.3, -0.25) is 0 Å². The van der Waals surface area contributed by atoms with E-state index >= 15 is 0 Å². The minimum absolute atomic E-state index is 0.191. The van der Waals surface area contributed by atoms with Crippen LogP contribution in [0.5, 0.6) is 0 Å². The van der Waals surface area contributed by atoms with Gasteiger partial charge in [-0.25, -0.2) is 18.4 Å². The average Bonchev–Trinajstić information content (AvgIpc) is 2.81. The molecule has 0 bridgehead atoms. The van der Waals surface area contributed by atoms with Crippen molar-refractivity contribution in [3.63, 3.8) is 0 Å². The van der Waals surface area contributed by atoms with Crippen LogP contribution in [0.4, 0.5) is 19.3 Å². The average molecular weight is 298 g/mol. The highest BCUT2D eigenvalue weighted by molar-refractivity contribution is 5.93. The topological polar surface area (TPSA) is 69.6 Å². The molecule has 2 unspecified atom stereocenters. The van der Waals surface area contributed by atoms with E-state index in [1.54, 1.807) is 6.92 Å². The van der Waals surface area contributed by atoms with Gasteiger partial charge in [0.25, 0.3) is 0 Å². The summed E-state index contributed by atoms with van der Waals surface area (Å²) in [5.41, 5.74) is -0.361. The molecule has 1 aliphatic heterocycles. The fourth-order valence-electron chi connectivity index (χ4n) is 2.50. The first kappa shape index (κ1) is 15.2. The Labute approximate surface area is 120 Å². The summed E-state index contributed by atoms with van der Waals surface area (Å²) in [5, 5.41) is 11.3. The zero-order valence-corrected chi connectivity index (χ0v) is 11.7. The van der Waals surface area contributed by atoms with Crippen LogP contribution < -0.4 is 5.32 Å². The number of aliphatic carboxylic acids is 1. The number of hydrogen-bond donors (Lipinski definition) is 2. The molecule has 0 spiro atoms. The van der Waals surface area contributed by atoms with Crippen LogP contribution in [0.2, 0.25) is 0 Å². The molecule has 2 amide bonds. The number of carboxylic acid groups (broad SMARTS) is 1. The maximum Gasteiger partial charge on any atom is 0.326 e. The molecule has 2 atom stereocenters. The molecule has 0 aliphatic carbocycles. The predicted molar refractivity (Wildman–Crippen MR) is 72.0 cm³/mol. The van der Waals surface area contributed by atoms with E-state index in [-0.39, 0.29) is 18.0 Å². The van der Waals surface area contributed by atoms with Gasteiger partial charge >= 0.3 is 12.0 Å². The Balaban J connectivity index is 2.23. The van der Waals surface area contributed by atoms with Gasteiger partial charge in [0, 0.05) is 6.54 Å². The zero-order valence-electron chi connectivity index (χ0n) is 11.7. The highest BCUT2D eigenvalue weighted by atomic mass is 19.1. The Morgan fingerprint density at radius 1 is 1.38 bits per heavy atom. The lowest BCUT2D eigenvalue weighted by Gasteiger charge is -2.24. The molecule has 7 heteroatoms. The molecule has 2 N–H and O–H groups in total. The molecule has 2 rings (SSSR count). The van der Waals surface area contributed by atoms with Gasteiger partial charge < -0.3 is 15.3 Å². The van der Waals surface area contributed by atoms with Gasteiger partial charge in [-0.1, -0.05) is 13.0 Å². The smallest absolute Gasteiger partial charge is 0.326 e. The van der Waals surface area contributed by atoms with Gasteiger partial charge in [0.15, 0.2) is 5.82 Å². The number of amides is 2. The third-order valence-corrected chi connectivity index (χ3v) is 3.73. The fraction of sp³-hybridized carbons (Fsp3) is 0.429. The Kier molecular flexibility index (Phi) is 4.11. The second-order valence-electron chi connectivity index (χ2n) is 5.23. The lowest BCUT2D eigenvalue weighted by Crippen LogP contribution is -2.45. The second kappa shape index (κ2) is 5.67. The molecule has 1 aromatic carbocycles. The monoisotopic (exact) mass is 298 g/mol. The number of anilines is 1. The van der Waals surface area contributed by atoms with E-state index in [9.17, 15) is 18.4 Å². The summed E-state index contributed by atoms with van der Waals surface area (Å²) in [6, 6.07) is 0.518. The van der Waals surface area contributed by atoms with Crippen LogP contribution >= 0.6 is 0 Å². The number of urea groups is 1. The number of aryl methyl sites for hydroxylation is 1. The summed E-state index contributed by atoms with van der Waals surface area (Å²) >= 11 is 0. The Morgan fingerprint density at radius 3 is 2.67 bits per heavy atom. The summed E-state index contributed by atoms with van der Waals surface area (Å²) in [4.78, 5) is 24.4. The third-order valence-electron chi connectivity index (χ3n) is 3.73. The molecule has 114 valence electrons. The zero-order chi connectivity index (χ0) is 15.7. The number of likely N-dealkylation sites (tertiary alicyclic amines) is 1. The van der Waals surface area contributed by atoms with Gasteiger partial charge in [-0.05, 0) is 30.9 Å². The first-order valence-corrected chi connectivity index (χ1v) is 6.58. The molecule has 1 fully saturated rings. The minimum atomic E-state index is -1.12. The summed E-state index contributed by atoms with van der Waals surface area (Å²) in [5.74, 6) is -3.09. The lowest BCUT2D eigenvalue weighted by molar-refractivity contribution is -0.142. The summed E-state index contributed by atoms with van der Waals surface area (Å²) in [7, 11) is 0. The van der Waals surface area contributed by atoms with Crippen molar-refractivity contribution in [1.29, 1.82) is 0 Å². The summed E-state index contributed by atoms with van der Waals surface area (Å²) < 4.78 is 27.5. The maximum absolute atomic E-state index is 13.9. The number of hydrogen-bond acceptors (Lipinski definition) is 2. The van der Waals surface area contributed by atoms with Crippen LogP contribution in [0.15, 0.2) is 12.1 Å². The highest BCUT2D eigenvalue weighted by Gasteiger charge is 2.39. The molecule has 5 nitrogen and oxygen atoms in total. The Bertz CT molecular complexity index is 592. The number of nitrogens with zero attached hydrogens (tertiary/aromatic N) is 1. The molecule has 1 aliphatic rings. The number of nitrogens with one attached hydrogen (secondary N) is 1. The van der Waals surface area contributed by atoms with Crippen LogP contribution in [0.25, 0.3) is 0 Å². The van der Waals surface area contributed by atoms with Crippen molar-refractivity contribution in [2.75, 3.05) is 11.9 Å². The SMILES string of the molecule is Cc1ccc(F)c(NC(=O)N2CCC(C)C2C(=O)O)c1F. The number of carbonyl (C=O) groups excluding carboxylic acids is 1. The molecule has 1 heterocycles. The van der Waals surface area contributed by atoms with Crippen molar-refractivity contribution < 1.29 is 23.5 Å². The normalized spacial score (nSPS) is 21.4. The van der Waals surface area contributed by atoms with Crippen molar-refractivity contribution in [1.82, 2.24) is 4.90 Å². The molecule has 21 heavy (non-hydrogen) atoms. The van der Waals surface area contributed by atoms with E-state index in [1.165, 1.54) is 13.0 Å². The summed E-state index contributed by atoms with van der Waals surface area (Å²) in [6.07, 6.45) is 0.531. The standard InChI is InChI=1S/C14H16F2N2O3/c1-7-3-4-9(15)11(10(7)16)17-14(21)18-6-5-8(2)12(18)13(19)20/h3-4,8,12H,5-6H2,1-2H3,(H,17,21)(H,19,20). The van der Waals surface area contributed by atoms with Crippen LogP contribution in [0, 0.1) is 24.5 Å². The van der Waals surface area contributed by atoms with E-state index in [0.29, 0.717) is 6.42 Å². The molecule has 1 saturated heterocycles. The van der Waals surface area contributed by atoms with Crippen molar-refractivity contribution in [2.45, 2.75) is 26.3 Å². The van der Waals surface area contributed by atoms with Crippen LogP contribution in [-0.2, 0) is 4.79 Å². The molecule has 0 aromatic heterocycles. The first-order chi connectivity index (χ1) is 9.82.